The molecule has 1 amide bonds. The van der Waals surface area contributed by atoms with Gasteiger partial charge in [0, 0.05) is 5.69 Å². The van der Waals surface area contributed by atoms with Crippen LogP contribution in [0.4, 0.5) is 5.69 Å². The van der Waals surface area contributed by atoms with Crippen molar-refractivity contribution in [2.45, 2.75) is 24.9 Å². The third-order valence-corrected chi connectivity index (χ3v) is 6.78. The second-order valence-corrected chi connectivity index (χ2v) is 9.52. The molecule has 0 fully saturated rings. The molecular weight excluding hydrogens is 477 g/mol. The second kappa shape index (κ2) is 10.00. The normalized spacial score (nSPS) is 11.2. The average Bonchev–Trinajstić information content (AvgIpc) is 2.80. The predicted octanol–water partition coefficient (Wildman–Crippen LogP) is 6.55. The molecule has 1 N–H and O–H groups in total. The van der Waals surface area contributed by atoms with Crippen LogP contribution < -0.4 is 10.9 Å². The molecule has 0 unspecified atom stereocenters. The number of benzene rings is 3. The maximum atomic E-state index is 13.4. The summed E-state index contributed by atoms with van der Waals surface area (Å²) in [6, 6.07) is 19.9. The quantitative estimate of drug-likeness (QED) is 0.242. The third kappa shape index (κ3) is 5.24. The van der Waals surface area contributed by atoms with Crippen LogP contribution in [0.3, 0.4) is 0 Å². The van der Waals surface area contributed by atoms with Crippen molar-refractivity contribution in [3.63, 3.8) is 0 Å². The minimum atomic E-state index is -0.248. The first-order valence-electron chi connectivity index (χ1n) is 10.3. The number of hydrogen-bond donors (Lipinski definition) is 1. The Balaban J connectivity index is 1.65. The molecule has 0 aliphatic carbocycles. The molecule has 0 aliphatic heterocycles. The zero-order chi connectivity index (χ0) is 23.5. The Kier molecular flexibility index (Phi) is 7.08. The number of fused-ring (bicyclic) bond motifs is 1. The number of nitrogens with one attached hydrogen (secondary N) is 1. The lowest BCUT2D eigenvalue weighted by atomic mass is 10.0. The summed E-state index contributed by atoms with van der Waals surface area (Å²) < 4.78 is 1.56. The van der Waals surface area contributed by atoms with Gasteiger partial charge in [0.1, 0.15) is 0 Å². The van der Waals surface area contributed by atoms with Crippen molar-refractivity contribution in [3.8, 4) is 5.69 Å². The highest BCUT2D eigenvalue weighted by Gasteiger charge is 2.15. The lowest BCUT2D eigenvalue weighted by Gasteiger charge is -2.14. The van der Waals surface area contributed by atoms with Gasteiger partial charge in [-0.15, -0.1) is 0 Å². The van der Waals surface area contributed by atoms with E-state index in [1.165, 1.54) is 17.3 Å². The number of anilines is 1. The van der Waals surface area contributed by atoms with E-state index in [0.717, 1.165) is 0 Å². The fourth-order valence-corrected chi connectivity index (χ4v) is 4.46. The smallest absolute Gasteiger partial charge is 0.266 e. The standard InChI is InChI=1S/C25H21Cl2N3O2S/c1-15(2)16-7-10-18(11-8-16)30-24(32)19-5-3-4-6-22(19)29-25(30)33-14-23(31)28-17-9-12-20(26)21(27)13-17/h3-13,15H,14H2,1-2H3,(H,28,31). The van der Waals surface area contributed by atoms with Crippen LogP contribution in [-0.2, 0) is 4.79 Å². The van der Waals surface area contributed by atoms with Crippen molar-refractivity contribution in [2.75, 3.05) is 11.1 Å². The fraction of sp³-hybridized carbons (Fsp3) is 0.160. The maximum Gasteiger partial charge on any atom is 0.266 e. The Morgan fingerprint density at radius 1 is 1.03 bits per heavy atom. The molecule has 33 heavy (non-hydrogen) atoms. The molecule has 8 heteroatoms. The summed E-state index contributed by atoms with van der Waals surface area (Å²) in [6.07, 6.45) is 0. The number of aromatic nitrogens is 2. The molecule has 0 atom stereocenters. The van der Waals surface area contributed by atoms with Crippen molar-refractivity contribution < 1.29 is 4.79 Å². The first kappa shape index (κ1) is 23.4. The lowest BCUT2D eigenvalue weighted by Crippen LogP contribution is -2.23. The van der Waals surface area contributed by atoms with Gasteiger partial charge in [0.05, 0.1) is 32.4 Å². The molecule has 0 spiro atoms. The van der Waals surface area contributed by atoms with E-state index in [4.69, 9.17) is 23.2 Å². The van der Waals surface area contributed by atoms with Crippen molar-refractivity contribution in [3.05, 3.63) is 92.7 Å². The lowest BCUT2D eigenvalue weighted by molar-refractivity contribution is -0.113. The molecule has 0 aliphatic rings. The van der Waals surface area contributed by atoms with Gasteiger partial charge in [-0.25, -0.2) is 4.98 Å². The first-order chi connectivity index (χ1) is 15.8. The number of rotatable bonds is 6. The minimum absolute atomic E-state index is 0.0646. The van der Waals surface area contributed by atoms with E-state index < -0.39 is 0 Å². The molecule has 0 bridgehead atoms. The summed E-state index contributed by atoms with van der Waals surface area (Å²) in [7, 11) is 0. The van der Waals surface area contributed by atoms with E-state index in [1.807, 2.05) is 36.4 Å². The number of amides is 1. The van der Waals surface area contributed by atoms with Gasteiger partial charge in [-0.1, -0.05) is 73.1 Å². The molecule has 1 heterocycles. The molecule has 0 saturated carbocycles. The monoisotopic (exact) mass is 497 g/mol. The SMILES string of the molecule is CC(C)c1ccc(-n2c(SCC(=O)Nc3ccc(Cl)c(Cl)c3)nc3ccccc3c2=O)cc1. The number of hydrogen-bond acceptors (Lipinski definition) is 4. The van der Waals surface area contributed by atoms with Gasteiger partial charge < -0.3 is 5.32 Å². The van der Waals surface area contributed by atoms with Crippen LogP contribution in [-0.4, -0.2) is 21.2 Å². The Morgan fingerprint density at radius 3 is 2.45 bits per heavy atom. The van der Waals surface area contributed by atoms with Gasteiger partial charge in [0.15, 0.2) is 5.16 Å². The van der Waals surface area contributed by atoms with E-state index in [0.29, 0.717) is 43.4 Å². The highest BCUT2D eigenvalue weighted by Crippen LogP contribution is 2.26. The highest BCUT2D eigenvalue weighted by atomic mass is 35.5. The highest BCUT2D eigenvalue weighted by molar-refractivity contribution is 7.99. The molecule has 5 nitrogen and oxygen atoms in total. The minimum Gasteiger partial charge on any atom is -0.325 e. The number of carbonyl (C=O) groups is 1. The van der Waals surface area contributed by atoms with Crippen molar-refractivity contribution in [1.82, 2.24) is 9.55 Å². The third-order valence-electron chi connectivity index (χ3n) is 5.10. The zero-order valence-corrected chi connectivity index (χ0v) is 20.3. The van der Waals surface area contributed by atoms with Crippen LogP contribution in [0.25, 0.3) is 16.6 Å². The van der Waals surface area contributed by atoms with E-state index in [2.05, 4.69) is 24.1 Å². The zero-order valence-electron chi connectivity index (χ0n) is 18.0. The van der Waals surface area contributed by atoms with E-state index >= 15 is 0 Å². The van der Waals surface area contributed by atoms with Crippen molar-refractivity contribution >= 4 is 57.5 Å². The molecule has 1 aromatic heterocycles. The van der Waals surface area contributed by atoms with Gasteiger partial charge in [-0.2, -0.15) is 0 Å². The second-order valence-electron chi connectivity index (χ2n) is 7.76. The summed E-state index contributed by atoms with van der Waals surface area (Å²) in [4.78, 5) is 30.6. The molecule has 168 valence electrons. The van der Waals surface area contributed by atoms with E-state index in [9.17, 15) is 9.59 Å². The van der Waals surface area contributed by atoms with Crippen molar-refractivity contribution in [2.24, 2.45) is 0 Å². The molecule has 0 radical (unpaired) electrons. The summed E-state index contributed by atoms with van der Waals surface area (Å²) in [5, 5.41) is 4.53. The molecule has 4 rings (SSSR count). The Labute approximate surface area is 205 Å². The fourth-order valence-electron chi connectivity index (χ4n) is 3.35. The Bertz CT molecular complexity index is 1390. The van der Waals surface area contributed by atoms with Crippen LogP contribution in [0.2, 0.25) is 10.0 Å². The summed E-state index contributed by atoms with van der Waals surface area (Å²) in [5.74, 6) is 0.196. The largest absolute Gasteiger partial charge is 0.325 e. The number of carbonyl (C=O) groups excluding carboxylic acids is 1. The molecule has 0 saturated heterocycles. The van der Waals surface area contributed by atoms with Crippen LogP contribution >= 0.6 is 35.0 Å². The van der Waals surface area contributed by atoms with Crippen LogP contribution in [0.1, 0.15) is 25.3 Å². The number of thioether (sulfide) groups is 1. The summed E-state index contributed by atoms with van der Waals surface area (Å²) in [5.41, 5.74) is 2.84. The molecular formula is C25H21Cl2N3O2S. The van der Waals surface area contributed by atoms with Gasteiger partial charge in [0.25, 0.3) is 5.56 Å². The first-order valence-corrected chi connectivity index (χ1v) is 12.1. The molecule has 4 aromatic rings. The Morgan fingerprint density at radius 2 is 1.76 bits per heavy atom. The van der Waals surface area contributed by atoms with Gasteiger partial charge in [0.2, 0.25) is 5.91 Å². The van der Waals surface area contributed by atoms with Crippen molar-refractivity contribution in [1.29, 1.82) is 0 Å². The van der Waals surface area contributed by atoms with Gasteiger partial charge >= 0.3 is 0 Å². The topological polar surface area (TPSA) is 64.0 Å². The summed E-state index contributed by atoms with van der Waals surface area (Å²) >= 11 is 13.2. The number of halogens is 2. The summed E-state index contributed by atoms with van der Waals surface area (Å²) in [6.45, 7) is 4.24. The molecule has 3 aromatic carbocycles. The number of nitrogens with zero attached hydrogens (tertiary/aromatic N) is 2. The van der Waals surface area contributed by atoms with Crippen LogP contribution in [0, 0.1) is 0 Å². The van der Waals surface area contributed by atoms with Crippen LogP contribution in [0.15, 0.2) is 76.7 Å². The van der Waals surface area contributed by atoms with Crippen LogP contribution in [0.5, 0.6) is 0 Å². The van der Waals surface area contributed by atoms with E-state index in [-0.39, 0.29) is 17.2 Å². The predicted molar refractivity (Wildman–Crippen MR) is 137 cm³/mol. The van der Waals surface area contributed by atoms with Gasteiger partial charge in [-0.3, -0.25) is 14.2 Å². The number of para-hydroxylation sites is 1. The Hall–Kier alpha value is -2.80. The van der Waals surface area contributed by atoms with Gasteiger partial charge in [-0.05, 0) is 53.9 Å². The maximum absolute atomic E-state index is 13.4. The average molecular weight is 498 g/mol. The van der Waals surface area contributed by atoms with E-state index in [1.54, 1.807) is 34.9 Å².